The molecule has 3 heterocycles. The van der Waals surface area contributed by atoms with Gasteiger partial charge in [-0.25, -0.2) is 9.97 Å². The zero-order valence-electron chi connectivity index (χ0n) is 24.0. The largest absolute Gasteiger partial charge is 0.392 e. The Morgan fingerprint density at radius 2 is 1.52 bits per heavy atom. The van der Waals surface area contributed by atoms with Crippen LogP contribution in [0.4, 0.5) is 5.95 Å². The Labute approximate surface area is 247 Å². The molecule has 3 aromatic carbocycles. The summed E-state index contributed by atoms with van der Waals surface area (Å²) >= 11 is 0. The van der Waals surface area contributed by atoms with E-state index >= 15 is 0 Å². The van der Waals surface area contributed by atoms with E-state index in [-0.39, 0.29) is 24.7 Å². The first-order valence-electron chi connectivity index (χ1n) is 14.8. The molecule has 0 unspecified atom stereocenters. The number of aromatic nitrogens is 2. The van der Waals surface area contributed by atoms with Crippen molar-refractivity contribution in [2.45, 2.75) is 38.6 Å². The number of ether oxygens (including phenoxy) is 2. The number of benzene rings is 3. The van der Waals surface area contributed by atoms with Crippen molar-refractivity contribution in [1.29, 1.82) is 0 Å². The molecule has 218 valence electrons. The van der Waals surface area contributed by atoms with Crippen LogP contribution in [0.3, 0.4) is 0 Å². The molecular weight excluding hydrogens is 526 g/mol. The Bertz CT molecular complexity index is 1440. The fourth-order valence-corrected chi connectivity index (χ4v) is 5.91. The molecule has 0 aliphatic carbocycles. The molecule has 0 amide bonds. The van der Waals surface area contributed by atoms with Crippen LogP contribution in [-0.4, -0.2) is 58.8 Å². The summed E-state index contributed by atoms with van der Waals surface area (Å²) < 4.78 is 13.5. The van der Waals surface area contributed by atoms with Crippen LogP contribution >= 0.6 is 0 Å². The standard InChI is InChI=1S/C34H39N5O3/c1-24-31(22-38-15-17-39(18-16-38)34-36-13-4-14-37-34)41-33(42-32(24)27-11-9-25(23-40)10-12-27)30-8-3-7-29(20-30)28-6-2-5-26(19-28)21-35/h2-14,19-20,24,31-33,40H,15-18,21-23,35H2,1H3/t24-,31+,32+,33+/m0/s1. The van der Waals surface area contributed by atoms with Crippen LogP contribution in [0.15, 0.2) is 91.3 Å². The molecule has 6 rings (SSSR count). The van der Waals surface area contributed by atoms with Gasteiger partial charge in [-0.05, 0) is 46.0 Å². The monoisotopic (exact) mass is 565 g/mol. The minimum absolute atomic E-state index is 0.0217. The molecule has 0 radical (unpaired) electrons. The maximum absolute atomic E-state index is 9.58. The van der Waals surface area contributed by atoms with Crippen LogP contribution in [0.2, 0.25) is 0 Å². The number of hydrogen-bond donors (Lipinski definition) is 2. The first-order valence-corrected chi connectivity index (χ1v) is 14.8. The molecule has 2 fully saturated rings. The fraction of sp³-hybridized carbons (Fsp3) is 0.353. The smallest absolute Gasteiger partial charge is 0.225 e. The molecule has 1 aromatic heterocycles. The summed E-state index contributed by atoms with van der Waals surface area (Å²) in [5.74, 6) is 0.914. The van der Waals surface area contributed by atoms with Gasteiger partial charge in [0.1, 0.15) is 0 Å². The van der Waals surface area contributed by atoms with E-state index in [2.05, 4.69) is 75.2 Å². The lowest BCUT2D eigenvalue weighted by molar-refractivity contribution is -0.276. The molecular formula is C34H39N5O3. The van der Waals surface area contributed by atoms with Gasteiger partial charge < -0.3 is 25.2 Å². The van der Waals surface area contributed by atoms with Gasteiger partial charge in [-0.3, -0.25) is 4.90 Å². The van der Waals surface area contributed by atoms with E-state index in [1.54, 1.807) is 12.4 Å². The second-order valence-electron chi connectivity index (χ2n) is 11.2. The van der Waals surface area contributed by atoms with Crippen LogP contribution in [0.25, 0.3) is 11.1 Å². The summed E-state index contributed by atoms with van der Waals surface area (Å²) in [4.78, 5) is 13.6. The van der Waals surface area contributed by atoms with Gasteiger partial charge in [0, 0.05) is 63.1 Å². The molecule has 0 bridgehead atoms. The molecule has 8 nitrogen and oxygen atoms in total. The maximum atomic E-state index is 9.58. The van der Waals surface area contributed by atoms with Crippen molar-refractivity contribution in [2.75, 3.05) is 37.6 Å². The first kappa shape index (κ1) is 28.5. The highest BCUT2D eigenvalue weighted by Gasteiger charge is 2.39. The van der Waals surface area contributed by atoms with Gasteiger partial charge in [-0.15, -0.1) is 0 Å². The van der Waals surface area contributed by atoms with Crippen molar-refractivity contribution in [3.63, 3.8) is 0 Å². The second-order valence-corrected chi connectivity index (χ2v) is 11.2. The summed E-state index contributed by atoms with van der Waals surface area (Å²) in [6.07, 6.45) is 2.90. The average Bonchev–Trinajstić information content (AvgIpc) is 3.06. The third-order valence-electron chi connectivity index (χ3n) is 8.42. The van der Waals surface area contributed by atoms with E-state index in [0.717, 1.165) is 72.1 Å². The number of nitrogens with two attached hydrogens (primary N) is 1. The summed E-state index contributed by atoms with van der Waals surface area (Å²) in [7, 11) is 0. The summed E-state index contributed by atoms with van der Waals surface area (Å²) in [5, 5.41) is 9.58. The Balaban J connectivity index is 1.23. The molecule has 0 saturated carbocycles. The predicted molar refractivity (Wildman–Crippen MR) is 163 cm³/mol. The van der Waals surface area contributed by atoms with Crippen molar-refractivity contribution in [3.05, 3.63) is 114 Å². The minimum Gasteiger partial charge on any atom is -0.392 e. The van der Waals surface area contributed by atoms with E-state index < -0.39 is 6.29 Å². The van der Waals surface area contributed by atoms with Crippen LogP contribution in [0, 0.1) is 5.92 Å². The number of aliphatic hydroxyl groups excluding tert-OH is 1. The lowest BCUT2D eigenvalue weighted by Gasteiger charge is -2.44. The van der Waals surface area contributed by atoms with Crippen LogP contribution in [0.5, 0.6) is 0 Å². The van der Waals surface area contributed by atoms with Crippen LogP contribution in [0.1, 0.15) is 41.6 Å². The number of piperazine rings is 1. The SMILES string of the molecule is C[C@H]1[C@@H](CN2CCN(c3ncccn3)CC2)O[C@@H](c2cccc(-c3cccc(CN)c3)c2)O[C@H]1c1ccc(CO)cc1. The maximum Gasteiger partial charge on any atom is 0.225 e. The van der Waals surface area contributed by atoms with E-state index in [0.29, 0.717) is 6.54 Å². The van der Waals surface area contributed by atoms with Crippen molar-refractivity contribution >= 4 is 5.95 Å². The third-order valence-corrected chi connectivity index (χ3v) is 8.42. The Morgan fingerprint density at radius 1 is 0.810 bits per heavy atom. The highest BCUT2D eigenvalue weighted by molar-refractivity contribution is 5.65. The third kappa shape index (κ3) is 6.38. The van der Waals surface area contributed by atoms with Gasteiger partial charge in [-0.1, -0.05) is 67.6 Å². The number of nitrogens with zero attached hydrogens (tertiary/aromatic N) is 4. The average molecular weight is 566 g/mol. The molecule has 4 atom stereocenters. The van der Waals surface area contributed by atoms with Crippen molar-refractivity contribution in [2.24, 2.45) is 11.7 Å². The Hall–Kier alpha value is -3.66. The van der Waals surface area contributed by atoms with E-state index in [1.165, 1.54) is 0 Å². The van der Waals surface area contributed by atoms with E-state index in [1.807, 2.05) is 30.3 Å². The fourth-order valence-electron chi connectivity index (χ4n) is 5.91. The van der Waals surface area contributed by atoms with Crippen LogP contribution in [-0.2, 0) is 22.6 Å². The van der Waals surface area contributed by atoms with Crippen LogP contribution < -0.4 is 10.6 Å². The molecule has 8 heteroatoms. The minimum atomic E-state index is -0.509. The number of hydrogen-bond acceptors (Lipinski definition) is 8. The molecule has 2 saturated heterocycles. The molecule has 2 aliphatic rings. The topological polar surface area (TPSA) is 97.0 Å². The van der Waals surface area contributed by atoms with Crippen molar-refractivity contribution in [3.8, 4) is 11.1 Å². The van der Waals surface area contributed by atoms with Gasteiger partial charge in [0.2, 0.25) is 5.95 Å². The quantitative estimate of drug-likeness (QED) is 0.317. The second kappa shape index (κ2) is 13.1. The Morgan fingerprint density at radius 3 is 2.24 bits per heavy atom. The van der Waals surface area contributed by atoms with Crippen molar-refractivity contribution < 1.29 is 14.6 Å². The zero-order chi connectivity index (χ0) is 28.9. The van der Waals surface area contributed by atoms with Gasteiger partial charge in [0.05, 0.1) is 18.8 Å². The van der Waals surface area contributed by atoms with Gasteiger partial charge in [-0.2, -0.15) is 0 Å². The number of anilines is 1. The van der Waals surface area contributed by atoms with E-state index in [9.17, 15) is 5.11 Å². The highest BCUT2D eigenvalue weighted by Crippen LogP contribution is 2.42. The van der Waals surface area contributed by atoms with Gasteiger partial charge >= 0.3 is 0 Å². The van der Waals surface area contributed by atoms with Gasteiger partial charge in [0.15, 0.2) is 6.29 Å². The van der Waals surface area contributed by atoms with Crippen molar-refractivity contribution in [1.82, 2.24) is 14.9 Å². The highest BCUT2D eigenvalue weighted by atomic mass is 16.7. The van der Waals surface area contributed by atoms with E-state index in [4.69, 9.17) is 15.2 Å². The summed E-state index contributed by atoms with van der Waals surface area (Å²) in [6, 6.07) is 26.7. The summed E-state index contributed by atoms with van der Waals surface area (Å²) in [6.45, 7) is 7.14. The normalized spacial score (nSPS) is 23.2. The zero-order valence-corrected chi connectivity index (χ0v) is 24.0. The molecule has 2 aliphatic heterocycles. The first-order chi connectivity index (χ1) is 20.6. The number of rotatable bonds is 8. The number of aliphatic hydroxyl groups is 1. The predicted octanol–water partition coefficient (Wildman–Crippen LogP) is 4.71. The lowest BCUT2D eigenvalue weighted by Crippen LogP contribution is -2.51. The summed E-state index contributed by atoms with van der Waals surface area (Å²) in [5.41, 5.74) is 12.2. The molecule has 42 heavy (non-hydrogen) atoms. The molecule has 3 N–H and O–H groups in total. The molecule has 4 aromatic rings. The molecule has 0 spiro atoms. The van der Waals surface area contributed by atoms with Gasteiger partial charge in [0.25, 0.3) is 0 Å². The Kier molecular flexibility index (Phi) is 8.88. The lowest BCUT2D eigenvalue weighted by atomic mass is 9.89.